The van der Waals surface area contributed by atoms with Gasteiger partial charge in [0.15, 0.2) is 0 Å². The average Bonchev–Trinajstić information content (AvgIpc) is 2.41. The first kappa shape index (κ1) is 15.0. The van der Waals surface area contributed by atoms with Crippen molar-refractivity contribution in [2.24, 2.45) is 0 Å². The van der Waals surface area contributed by atoms with Crippen molar-refractivity contribution >= 4 is 5.97 Å². The monoisotopic (exact) mass is 275 g/mol. The van der Waals surface area contributed by atoms with Crippen molar-refractivity contribution in [2.45, 2.75) is 57.5 Å². The molecule has 0 heterocycles. The first-order chi connectivity index (χ1) is 9.28. The Balaban J connectivity index is 2.30. The fraction of sp³-hybridized carbons (Fsp3) is 0.588. The van der Waals surface area contributed by atoms with E-state index in [1.807, 2.05) is 13.8 Å². The van der Waals surface area contributed by atoms with Crippen molar-refractivity contribution < 1.29 is 9.53 Å². The number of fused-ring (bicyclic) bond motifs is 1. The van der Waals surface area contributed by atoms with Crippen LogP contribution in [-0.2, 0) is 14.9 Å². The van der Waals surface area contributed by atoms with Gasteiger partial charge in [-0.05, 0) is 43.2 Å². The fourth-order valence-corrected chi connectivity index (χ4v) is 3.11. The van der Waals surface area contributed by atoms with Crippen LogP contribution in [-0.4, -0.2) is 18.6 Å². The zero-order valence-electron chi connectivity index (χ0n) is 13.1. The average molecular weight is 275 g/mol. The van der Waals surface area contributed by atoms with Gasteiger partial charge in [-0.25, -0.2) is 0 Å². The first-order valence-electron chi connectivity index (χ1n) is 7.23. The molecule has 0 bridgehead atoms. The van der Waals surface area contributed by atoms with Crippen molar-refractivity contribution in [3.05, 3.63) is 35.4 Å². The first-order valence-corrected chi connectivity index (χ1v) is 7.23. The Labute approximate surface area is 121 Å². The third-order valence-corrected chi connectivity index (χ3v) is 4.35. The molecule has 0 radical (unpaired) electrons. The van der Waals surface area contributed by atoms with Gasteiger partial charge in [0.1, 0.15) is 5.54 Å². The van der Waals surface area contributed by atoms with Crippen LogP contribution in [0.2, 0.25) is 0 Å². The molecular weight excluding hydrogens is 250 g/mol. The van der Waals surface area contributed by atoms with Crippen LogP contribution in [0.1, 0.15) is 57.7 Å². The summed E-state index contributed by atoms with van der Waals surface area (Å²) in [5, 5.41) is 3.47. The Bertz CT molecular complexity index is 505. The van der Waals surface area contributed by atoms with E-state index in [2.05, 4.69) is 43.4 Å². The molecule has 1 atom stereocenters. The summed E-state index contributed by atoms with van der Waals surface area (Å²) >= 11 is 0. The van der Waals surface area contributed by atoms with Crippen LogP contribution in [0, 0.1) is 0 Å². The summed E-state index contributed by atoms with van der Waals surface area (Å²) < 4.78 is 4.88. The number of hydrogen-bond donors (Lipinski definition) is 1. The van der Waals surface area contributed by atoms with Gasteiger partial charge in [-0.15, -0.1) is 0 Å². The number of nitrogens with one attached hydrogen (secondary N) is 1. The molecule has 3 nitrogen and oxygen atoms in total. The zero-order valence-corrected chi connectivity index (χ0v) is 13.1. The Hall–Kier alpha value is -1.35. The molecule has 0 amide bonds. The van der Waals surface area contributed by atoms with E-state index in [-0.39, 0.29) is 17.4 Å². The van der Waals surface area contributed by atoms with Crippen molar-refractivity contribution in [1.82, 2.24) is 5.32 Å². The van der Waals surface area contributed by atoms with E-state index in [9.17, 15) is 4.79 Å². The molecular formula is C17H25NO2. The van der Waals surface area contributed by atoms with E-state index in [0.29, 0.717) is 0 Å². The summed E-state index contributed by atoms with van der Waals surface area (Å²) in [5.41, 5.74) is 2.21. The van der Waals surface area contributed by atoms with Crippen LogP contribution < -0.4 is 5.32 Å². The summed E-state index contributed by atoms with van der Waals surface area (Å²) in [6.07, 6.45) is 2.14. The van der Waals surface area contributed by atoms with Crippen molar-refractivity contribution in [3.63, 3.8) is 0 Å². The van der Waals surface area contributed by atoms with Gasteiger partial charge in [-0.1, -0.05) is 38.1 Å². The number of ether oxygens (including phenoxy) is 1. The van der Waals surface area contributed by atoms with Crippen LogP contribution in [0.15, 0.2) is 24.3 Å². The molecule has 1 aromatic carbocycles. The normalized spacial score (nSPS) is 21.1. The highest BCUT2D eigenvalue weighted by Crippen LogP contribution is 2.41. The van der Waals surface area contributed by atoms with E-state index < -0.39 is 5.54 Å². The lowest BCUT2D eigenvalue weighted by Crippen LogP contribution is -2.50. The molecule has 0 aliphatic heterocycles. The van der Waals surface area contributed by atoms with Gasteiger partial charge < -0.3 is 4.74 Å². The largest absolute Gasteiger partial charge is 0.468 e. The molecule has 20 heavy (non-hydrogen) atoms. The number of carbonyl (C=O) groups excluding carboxylic acids is 1. The minimum absolute atomic E-state index is 0.199. The molecule has 1 aliphatic carbocycles. The zero-order chi connectivity index (χ0) is 15.0. The number of methoxy groups -OCH3 is 1. The molecule has 0 spiro atoms. The predicted octanol–water partition coefficient (Wildman–Crippen LogP) is 3.34. The molecule has 2 rings (SSSR count). The number of rotatable bonds is 3. The molecule has 3 heteroatoms. The van der Waals surface area contributed by atoms with Crippen LogP contribution in [0.3, 0.4) is 0 Å². The Morgan fingerprint density at radius 2 is 2.00 bits per heavy atom. The van der Waals surface area contributed by atoms with E-state index in [1.54, 1.807) is 0 Å². The summed E-state index contributed by atoms with van der Waals surface area (Å²) in [4.78, 5) is 11.9. The van der Waals surface area contributed by atoms with Crippen molar-refractivity contribution in [1.29, 1.82) is 0 Å². The SMILES string of the molecule is COC(=O)C(C)(C)NC1CCC(C)(C)c2ccccc21. The van der Waals surface area contributed by atoms with Gasteiger partial charge in [-0.2, -0.15) is 0 Å². The van der Waals surface area contributed by atoms with Gasteiger partial charge in [-0.3, -0.25) is 10.1 Å². The smallest absolute Gasteiger partial charge is 0.325 e. The quantitative estimate of drug-likeness (QED) is 0.860. The highest BCUT2D eigenvalue weighted by molar-refractivity contribution is 5.79. The number of hydrogen-bond acceptors (Lipinski definition) is 3. The maximum absolute atomic E-state index is 11.9. The predicted molar refractivity (Wildman–Crippen MR) is 80.7 cm³/mol. The fourth-order valence-electron chi connectivity index (χ4n) is 3.11. The highest BCUT2D eigenvalue weighted by Gasteiger charge is 2.37. The van der Waals surface area contributed by atoms with E-state index >= 15 is 0 Å². The Morgan fingerprint density at radius 3 is 2.65 bits per heavy atom. The summed E-state index contributed by atoms with van der Waals surface area (Å²) in [6.45, 7) is 8.32. The molecule has 0 fully saturated rings. The maximum atomic E-state index is 11.9. The van der Waals surface area contributed by atoms with Crippen molar-refractivity contribution in [2.75, 3.05) is 7.11 Å². The highest BCUT2D eigenvalue weighted by atomic mass is 16.5. The number of carbonyl (C=O) groups is 1. The summed E-state index contributed by atoms with van der Waals surface area (Å²) in [5.74, 6) is -0.222. The van der Waals surface area contributed by atoms with Crippen molar-refractivity contribution in [3.8, 4) is 0 Å². The summed E-state index contributed by atoms with van der Waals surface area (Å²) in [7, 11) is 1.43. The second-order valence-corrected chi connectivity index (χ2v) is 6.82. The lowest BCUT2D eigenvalue weighted by Gasteiger charge is -2.40. The van der Waals surface area contributed by atoms with Crippen LogP contribution in [0.5, 0.6) is 0 Å². The Morgan fingerprint density at radius 1 is 1.35 bits per heavy atom. The third-order valence-electron chi connectivity index (χ3n) is 4.35. The van der Waals surface area contributed by atoms with Gasteiger partial charge >= 0.3 is 5.97 Å². The second-order valence-electron chi connectivity index (χ2n) is 6.82. The topological polar surface area (TPSA) is 38.3 Å². The number of benzene rings is 1. The van der Waals surface area contributed by atoms with Gasteiger partial charge in [0.2, 0.25) is 0 Å². The molecule has 110 valence electrons. The summed E-state index contributed by atoms with van der Waals surface area (Å²) in [6, 6.07) is 8.73. The van der Waals surface area contributed by atoms with E-state index in [0.717, 1.165) is 12.8 Å². The molecule has 1 aliphatic rings. The minimum Gasteiger partial charge on any atom is -0.468 e. The van der Waals surface area contributed by atoms with E-state index in [1.165, 1.54) is 18.2 Å². The van der Waals surface area contributed by atoms with Crippen LogP contribution in [0.4, 0.5) is 0 Å². The molecule has 1 N–H and O–H groups in total. The number of esters is 1. The van der Waals surface area contributed by atoms with Gasteiger partial charge in [0.05, 0.1) is 7.11 Å². The molecule has 0 saturated carbocycles. The second kappa shape index (κ2) is 5.21. The van der Waals surface area contributed by atoms with Crippen LogP contribution >= 0.6 is 0 Å². The standard InChI is InChI=1S/C17H25NO2/c1-16(2)11-10-14(12-8-6-7-9-13(12)16)18-17(3,4)15(19)20-5/h6-9,14,18H,10-11H2,1-5H3. The van der Waals surface area contributed by atoms with Gasteiger partial charge in [0, 0.05) is 6.04 Å². The molecule has 1 aromatic rings. The van der Waals surface area contributed by atoms with Crippen LogP contribution in [0.25, 0.3) is 0 Å². The lowest BCUT2D eigenvalue weighted by atomic mass is 9.70. The molecule has 1 unspecified atom stereocenters. The van der Waals surface area contributed by atoms with E-state index in [4.69, 9.17) is 4.74 Å². The third kappa shape index (κ3) is 2.73. The maximum Gasteiger partial charge on any atom is 0.325 e. The minimum atomic E-state index is -0.673. The lowest BCUT2D eigenvalue weighted by molar-refractivity contribution is -0.147. The molecule has 0 saturated heterocycles. The Kier molecular flexibility index (Phi) is 3.92. The molecule has 0 aromatic heterocycles. The van der Waals surface area contributed by atoms with Gasteiger partial charge in [0.25, 0.3) is 0 Å².